The fraction of sp³-hybridized carbons (Fsp3) is 0.267. The van der Waals surface area contributed by atoms with Gasteiger partial charge < -0.3 is 34.4 Å². The van der Waals surface area contributed by atoms with Gasteiger partial charge in [0.1, 0.15) is 34.4 Å². The molecule has 2 aromatic carbocycles. The van der Waals surface area contributed by atoms with Gasteiger partial charge in [-0.25, -0.2) is 9.18 Å². The van der Waals surface area contributed by atoms with Gasteiger partial charge in [-0.05, 0) is 9.99 Å². The molecule has 250 valence electrons. The molecule has 1 spiro atoms. The third kappa shape index (κ3) is 8.36. The predicted molar refractivity (Wildman–Crippen MR) is 184 cm³/mol. The summed E-state index contributed by atoms with van der Waals surface area (Å²) in [4.78, 5) is 40.4. The summed E-state index contributed by atoms with van der Waals surface area (Å²) in [5, 5.41) is 1.42. The lowest BCUT2D eigenvalue weighted by Gasteiger charge is -2.36. The Bertz CT molecular complexity index is 1850. The minimum absolute atomic E-state index is 0.118. The minimum Gasteiger partial charge on any atom is -0.496 e. The van der Waals surface area contributed by atoms with Gasteiger partial charge in [0, 0.05) is 59.3 Å². The second-order valence-electron chi connectivity index (χ2n) is 9.45. The Hall–Kier alpha value is -3.42. The number of aromatic nitrogens is 2. The van der Waals surface area contributed by atoms with E-state index in [1.165, 1.54) is 39.5 Å². The number of nitrogens with two attached hydrogens (primary N) is 1. The first kappa shape index (κ1) is 38.0. The molecule has 5 rings (SSSR count). The van der Waals surface area contributed by atoms with Crippen molar-refractivity contribution in [3.05, 3.63) is 78.2 Å². The third-order valence-electron chi connectivity index (χ3n) is 6.63. The number of hydrogen-bond acceptors (Lipinski definition) is 10. The maximum Gasteiger partial charge on any atom is 0.347 e. The number of carbonyl (C=O) groups excluding carboxylic acids is 2. The highest BCUT2D eigenvalue weighted by Crippen LogP contribution is 2.54. The summed E-state index contributed by atoms with van der Waals surface area (Å²) in [6.07, 6.45) is 2.34. The minimum atomic E-state index is -1.42. The molecule has 1 aromatic heterocycles. The van der Waals surface area contributed by atoms with E-state index in [-0.39, 0.29) is 52.5 Å². The van der Waals surface area contributed by atoms with Crippen LogP contribution in [0.3, 0.4) is 0 Å². The SMILES string of the molecule is COC1=CC(=O)C[C@@H](C)[C@]12Oc1c(Cl)c(OC)cc(OC)c1C2=O.Clc1cc(Cl)c(OCC#CI)cc1Cl.Nc1nc(=O)[nH]cc1F. The number of halogens is 6. The number of ketones is 2. The molecule has 2 atom stereocenters. The molecule has 0 saturated carbocycles. The highest BCUT2D eigenvalue weighted by Gasteiger charge is 2.59. The molecule has 2 heterocycles. The van der Waals surface area contributed by atoms with Crippen LogP contribution >= 0.6 is 69.0 Å². The fourth-order valence-corrected chi connectivity index (χ4v) is 5.46. The molecule has 0 radical (unpaired) electrons. The molecule has 1 aliphatic heterocycles. The summed E-state index contributed by atoms with van der Waals surface area (Å²) >= 11 is 25.7. The fourth-order valence-electron chi connectivity index (χ4n) is 4.45. The van der Waals surface area contributed by atoms with Crippen LogP contribution in [0.2, 0.25) is 20.1 Å². The van der Waals surface area contributed by atoms with Crippen LogP contribution < -0.4 is 30.4 Å². The van der Waals surface area contributed by atoms with Crippen molar-refractivity contribution in [1.29, 1.82) is 0 Å². The lowest BCUT2D eigenvalue weighted by Crippen LogP contribution is -2.51. The Morgan fingerprint density at radius 3 is 2.28 bits per heavy atom. The lowest BCUT2D eigenvalue weighted by molar-refractivity contribution is -0.118. The second kappa shape index (κ2) is 16.6. The Labute approximate surface area is 301 Å². The van der Waals surface area contributed by atoms with Gasteiger partial charge in [-0.2, -0.15) is 4.98 Å². The van der Waals surface area contributed by atoms with E-state index < -0.39 is 23.0 Å². The Kier molecular flexibility index (Phi) is 13.4. The van der Waals surface area contributed by atoms with Gasteiger partial charge in [0.15, 0.2) is 28.9 Å². The molecule has 0 unspecified atom stereocenters. The van der Waals surface area contributed by atoms with Crippen molar-refractivity contribution in [1.82, 2.24) is 9.97 Å². The molecular weight excluding hydrogens is 818 g/mol. The van der Waals surface area contributed by atoms with E-state index in [9.17, 15) is 18.8 Å². The molecule has 11 nitrogen and oxygen atoms in total. The summed E-state index contributed by atoms with van der Waals surface area (Å²) in [6, 6.07) is 4.65. The van der Waals surface area contributed by atoms with Gasteiger partial charge >= 0.3 is 5.69 Å². The number of nitrogens with one attached hydrogen (secondary N) is 1. The quantitative estimate of drug-likeness (QED) is 0.161. The number of aromatic amines is 1. The van der Waals surface area contributed by atoms with Crippen LogP contribution in [-0.2, 0) is 9.53 Å². The van der Waals surface area contributed by atoms with Gasteiger partial charge in [-0.1, -0.05) is 59.2 Å². The third-order valence-corrected chi connectivity index (χ3v) is 8.39. The zero-order valence-corrected chi connectivity index (χ0v) is 30.1. The van der Waals surface area contributed by atoms with Gasteiger partial charge in [0.25, 0.3) is 0 Å². The Morgan fingerprint density at radius 1 is 1.04 bits per heavy atom. The van der Waals surface area contributed by atoms with Gasteiger partial charge in [-0.3, -0.25) is 9.59 Å². The van der Waals surface area contributed by atoms with Crippen LogP contribution in [0.25, 0.3) is 0 Å². The highest BCUT2D eigenvalue weighted by atomic mass is 127. The molecule has 2 aliphatic rings. The average molecular weight is 843 g/mol. The number of carbonyl (C=O) groups is 2. The number of fused-ring (bicyclic) bond motifs is 1. The maximum atomic E-state index is 13.3. The number of benzene rings is 2. The zero-order valence-electron chi connectivity index (χ0n) is 24.9. The van der Waals surface area contributed by atoms with Crippen molar-refractivity contribution >= 4 is 86.4 Å². The summed E-state index contributed by atoms with van der Waals surface area (Å²) in [6.45, 7) is 2.05. The van der Waals surface area contributed by atoms with E-state index in [4.69, 9.17) is 75.8 Å². The Balaban J connectivity index is 0.000000219. The largest absolute Gasteiger partial charge is 0.496 e. The van der Waals surface area contributed by atoms with E-state index in [0.717, 1.165) is 6.20 Å². The topological polar surface area (TPSA) is 152 Å². The lowest BCUT2D eigenvalue weighted by atomic mass is 9.75. The van der Waals surface area contributed by atoms with Crippen molar-refractivity contribution in [3.8, 4) is 32.8 Å². The molecule has 47 heavy (non-hydrogen) atoms. The highest BCUT2D eigenvalue weighted by molar-refractivity contribution is 14.1. The van der Waals surface area contributed by atoms with E-state index >= 15 is 0 Å². The number of ether oxygens (including phenoxy) is 5. The molecule has 17 heteroatoms. The monoisotopic (exact) mass is 841 g/mol. The van der Waals surface area contributed by atoms with Gasteiger partial charge in [-0.15, -0.1) is 0 Å². The van der Waals surface area contributed by atoms with Crippen LogP contribution in [0.4, 0.5) is 10.2 Å². The molecule has 3 aromatic rings. The first-order valence-electron chi connectivity index (χ1n) is 13.1. The normalized spacial score (nSPS) is 17.4. The number of nitrogen functional groups attached to an aromatic ring is 1. The van der Waals surface area contributed by atoms with Gasteiger partial charge in [0.05, 0.1) is 36.4 Å². The predicted octanol–water partition coefficient (Wildman–Crippen LogP) is 6.72. The Morgan fingerprint density at radius 2 is 1.70 bits per heavy atom. The smallest absolute Gasteiger partial charge is 0.347 e. The van der Waals surface area contributed by atoms with E-state index in [1.807, 2.05) is 27.6 Å². The van der Waals surface area contributed by atoms with E-state index in [1.54, 1.807) is 13.0 Å². The van der Waals surface area contributed by atoms with E-state index in [2.05, 4.69) is 14.8 Å². The number of Topliss-reactive ketones (excluding diaryl/α,β-unsaturated/α-hetero) is 1. The van der Waals surface area contributed by atoms with Crippen LogP contribution in [0.15, 0.2) is 41.0 Å². The van der Waals surface area contributed by atoms with Crippen molar-refractivity contribution in [2.45, 2.75) is 18.9 Å². The molecular formula is C30H25Cl4FIN3O8. The molecule has 0 saturated heterocycles. The number of rotatable bonds is 5. The molecule has 0 bridgehead atoms. The summed E-state index contributed by atoms with van der Waals surface area (Å²) in [7, 11) is 4.31. The first-order valence-corrected chi connectivity index (χ1v) is 15.7. The number of methoxy groups -OCH3 is 3. The summed E-state index contributed by atoms with van der Waals surface area (Å²) < 4.78 is 42.0. The number of hydrogen-bond donors (Lipinski definition) is 2. The van der Waals surface area contributed by atoms with Crippen molar-refractivity contribution in [2.24, 2.45) is 5.92 Å². The first-order chi connectivity index (χ1) is 22.2. The maximum absolute atomic E-state index is 13.3. The number of anilines is 1. The summed E-state index contributed by atoms with van der Waals surface area (Å²) in [5.74, 6) is 2.24. The van der Waals surface area contributed by atoms with Crippen LogP contribution in [-0.4, -0.2) is 55.1 Å². The van der Waals surface area contributed by atoms with Gasteiger partial charge in [0.2, 0.25) is 11.4 Å². The molecule has 3 N–H and O–H groups in total. The average Bonchev–Trinajstić information content (AvgIpc) is 3.34. The molecule has 0 fully saturated rings. The molecule has 1 aliphatic carbocycles. The van der Waals surface area contributed by atoms with Crippen LogP contribution in [0.1, 0.15) is 23.7 Å². The number of nitrogens with zero attached hydrogens (tertiary/aromatic N) is 1. The van der Waals surface area contributed by atoms with Crippen molar-refractivity contribution < 1.29 is 37.7 Å². The number of allylic oxidation sites excluding steroid dienone is 1. The van der Waals surface area contributed by atoms with Crippen molar-refractivity contribution in [2.75, 3.05) is 33.7 Å². The number of H-pyrrole nitrogens is 1. The molecule has 0 amide bonds. The van der Waals surface area contributed by atoms with Crippen LogP contribution in [0, 0.1) is 21.6 Å². The summed E-state index contributed by atoms with van der Waals surface area (Å²) in [5.41, 5.74) is 3.08. The zero-order chi connectivity index (χ0) is 35.1. The van der Waals surface area contributed by atoms with Crippen molar-refractivity contribution in [3.63, 3.8) is 0 Å². The van der Waals surface area contributed by atoms with E-state index in [0.29, 0.717) is 32.3 Å². The van der Waals surface area contributed by atoms with Crippen LogP contribution in [0.5, 0.6) is 23.0 Å². The second-order valence-corrected chi connectivity index (χ2v) is 11.6. The standard InChI is InChI=1S/C17H17ClO6.C9H4Cl3IO.C4H4FN3O/c1-8-5-9(19)6-12(23-4)17(8)16(20)13-10(21-2)7-11(22-3)14(18)15(13)24-17;10-6-4-8(12)9(5-7(6)11)14-3-1-2-13;5-2-1-7-4(9)8-3(2)6/h6-8H,5H2,1-4H3;4-5H,3H2;1H,(H3,6,7,8,9)/t8-,17+;;/m1../s1.